The molecule has 374 valence electrons. The van der Waals surface area contributed by atoms with Gasteiger partial charge in [-0.1, -0.05) is 194 Å². The van der Waals surface area contributed by atoms with E-state index < -0.39 is 23.3 Å². The molecule has 5 aromatic rings. The quantitative estimate of drug-likeness (QED) is 0.0816. The SMILES string of the molecule is CCC1=CCC(OP(Oc2ccc3ccccc3c2-c2c(OP(OC3=CCC(C)=CC=C3C(C)C)Oc3cc(C)ccc3C(C)C)ccc3ccccc23)OC2C=C(C)C=CC(C(C)C)=C2)=C(C(C)C)C=C1. The van der Waals surface area contributed by atoms with Crippen molar-refractivity contribution in [3.63, 3.8) is 0 Å². The smallest absolute Gasteiger partial charge is 0.422 e. The molecular weight excluding hydrogens is 927 g/mol. The molecule has 72 heavy (non-hydrogen) atoms. The number of hydrogen-bond acceptors (Lipinski definition) is 6. The molecule has 0 amide bonds. The molecule has 0 bridgehead atoms. The van der Waals surface area contributed by atoms with Gasteiger partial charge in [-0.15, -0.1) is 0 Å². The molecule has 5 aromatic carbocycles. The van der Waals surface area contributed by atoms with Crippen LogP contribution in [0.5, 0.6) is 17.2 Å². The molecule has 0 heterocycles. The van der Waals surface area contributed by atoms with Crippen LogP contribution in [0.15, 0.2) is 197 Å². The minimum atomic E-state index is -2.11. The Bertz CT molecular complexity index is 3080. The summed E-state index contributed by atoms with van der Waals surface area (Å²) < 4.78 is 43.2. The van der Waals surface area contributed by atoms with Crippen molar-refractivity contribution in [3.05, 3.63) is 208 Å². The lowest BCUT2D eigenvalue weighted by atomic mass is 9.92. The molecule has 3 aliphatic rings. The predicted octanol–water partition coefficient (Wildman–Crippen LogP) is 19.9. The van der Waals surface area contributed by atoms with Gasteiger partial charge in [-0.25, -0.2) is 0 Å². The van der Waals surface area contributed by atoms with Crippen LogP contribution in [0.4, 0.5) is 0 Å². The van der Waals surface area contributed by atoms with E-state index in [1.165, 1.54) is 16.7 Å². The first-order valence-electron chi connectivity index (χ1n) is 25.7. The molecule has 0 saturated heterocycles. The van der Waals surface area contributed by atoms with Crippen molar-refractivity contribution in [2.45, 2.75) is 114 Å². The van der Waals surface area contributed by atoms with E-state index in [0.717, 1.165) is 90.6 Å². The van der Waals surface area contributed by atoms with Crippen LogP contribution in [0.1, 0.15) is 112 Å². The lowest BCUT2D eigenvalue weighted by molar-refractivity contribution is 0.222. The van der Waals surface area contributed by atoms with Crippen LogP contribution >= 0.6 is 17.2 Å². The number of benzene rings is 5. The van der Waals surface area contributed by atoms with Crippen LogP contribution < -0.4 is 13.6 Å². The average molecular weight is 999 g/mol. The van der Waals surface area contributed by atoms with E-state index in [2.05, 4.69) is 229 Å². The largest absolute Gasteiger partial charge is 0.530 e. The Morgan fingerprint density at radius 2 is 1.21 bits per heavy atom. The lowest BCUT2D eigenvalue weighted by Crippen LogP contribution is -2.10. The number of fused-ring (bicyclic) bond motifs is 2. The van der Waals surface area contributed by atoms with Gasteiger partial charge in [0, 0.05) is 17.5 Å². The lowest BCUT2D eigenvalue weighted by Gasteiger charge is -2.27. The summed E-state index contributed by atoms with van der Waals surface area (Å²) >= 11 is 0. The maximum absolute atomic E-state index is 7.38. The second-order valence-electron chi connectivity index (χ2n) is 20.3. The van der Waals surface area contributed by atoms with Crippen LogP contribution in [0.3, 0.4) is 0 Å². The Hall–Kier alpha value is -5.90. The molecule has 3 unspecified atom stereocenters. The maximum atomic E-state index is 7.38. The molecule has 0 aliphatic heterocycles. The molecule has 0 spiro atoms. The first kappa shape index (κ1) is 52.4. The fourth-order valence-corrected chi connectivity index (χ4v) is 11.4. The first-order valence-corrected chi connectivity index (χ1v) is 27.9. The van der Waals surface area contributed by atoms with Crippen LogP contribution in [-0.4, -0.2) is 6.10 Å². The van der Waals surface area contributed by atoms with Gasteiger partial charge in [-0.2, -0.15) is 0 Å². The highest BCUT2D eigenvalue weighted by Gasteiger charge is 2.32. The van der Waals surface area contributed by atoms with Crippen molar-refractivity contribution in [2.75, 3.05) is 0 Å². The fourth-order valence-electron chi connectivity index (χ4n) is 9.16. The molecule has 6 nitrogen and oxygen atoms in total. The summed E-state index contributed by atoms with van der Waals surface area (Å²) in [6.45, 7) is 26.1. The standard InChI is InChI=1S/C64H72O6P2/c1-13-48-26-33-54(43(6)7)59(35-27-48)66-71(65-52-38-46(11)22-28-51(40-52)41(2)3)68-60-36-29-49-18-14-16-20-56(49)63(60)64-57-21-17-15-19-50(57)30-37-61(64)69-72(70-62-39-47(12)24-32-55(62)44(8)9)67-58-34-25-45(10)23-31-53(58)42(4)5/h14-24,26-34,36-44,52H,13,25,35H2,1-12H3. The van der Waals surface area contributed by atoms with Crippen LogP contribution in [0, 0.1) is 24.7 Å². The Morgan fingerprint density at radius 1 is 0.556 bits per heavy atom. The van der Waals surface area contributed by atoms with E-state index in [4.69, 9.17) is 27.1 Å². The molecule has 8 heteroatoms. The van der Waals surface area contributed by atoms with Crippen LogP contribution in [0.25, 0.3) is 32.7 Å². The topological polar surface area (TPSA) is 55.4 Å². The molecule has 0 aromatic heterocycles. The van der Waals surface area contributed by atoms with E-state index in [0.29, 0.717) is 23.8 Å². The van der Waals surface area contributed by atoms with Crippen molar-refractivity contribution in [2.24, 2.45) is 17.8 Å². The molecule has 0 saturated carbocycles. The van der Waals surface area contributed by atoms with E-state index in [1.54, 1.807) is 0 Å². The Kier molecular flexibility index (Phi) is 17.3. The minimum Gasteiger partial charge on any atom is -0.422 e. The molecule has 0 radical (unpaired) electrons. The van der Waals surface area contributed by atoms with Gasteiger partial charge in [0.15, 0.2) is 0 Å². The van der Waals surface area contributed by atoms with Crippen molar-refractivity contribution in [1.29, 1.82) is 0 Å². The highest BCUT2D eigenvalue weighted by molar-refractivity contribution is 7.43. The molecule has 0 N–H and O–H groups in total. The minimum absolute atomic E-state index is 0.193. The van der Waals surface area contributed by atoms with Crippen LogP contribution in [-0.2, 0) is 13.6 Å². The third-order valence-corrected chi connectivity index (χ3v) is 15.5. The zero-order valence-corrected chi connectivity index (χ0v) is 46.1. The van der Waals surface area contributed by atoms with Crippen molar-refractivity contribution in [3.8, 4) is 28.4 Å². The summed E-state index contributed by atoms with van der Waals surface area (Å²) in [4.78, 5) is 0. The van der Waals surface area contributed by atoms with Gasteiger partial charge in [0.05, 0.1) is 0 Å². The number of hydrogen-bond donors (Lipinski definition) is 0. The predicted molar refractivity (Wildman–Crippen MR) is 304 cm³/mol. The molecule has 3 atom stereocenters. The van der Waals surface area contributed by atoms with Gasteiger partial charge in [0.25, 0.3) is 0 Å². The fraction of sp³-hybridized carbons (Fsp3) is 0.312. The van der Waals surface area contributed by atoms with E-state index in [1.807, 2.05) is 6.07 Å². The number of aryl methyl sites for hydroxylation is 1. The Morgan fingerprint density at radius 3 is 1.83 bits per heavy atom. The summed E-state index contributed by atoms with van der Waals surface area (Å²) in [6, 6.07) is 31.6. The molecule has 3 aliphatic carbocycles. The highest BCUT2D eigenvalue weighted by atomic mass is 31.2. The van der Waals surface area contributed by atoms with Crippen LogP contribution in [0.2, 0.25) is 0 Å². The third-order valence-electron chi connectivity index (χ3n) is 13.3. The van der Waals surface area contributed by atoms with Gasteiger partial charge in [0.2, 0.25) is 0 Å². The van der Waals surface area contributed by atoms with Crippen molar-refractivity contribution >= 4 is 38.7 Å². The Labute approximate surface area is 432 Å². The summed E-state index contributed by atoms with van der Waals surface area (Å²) in [5.41, 5.74) is 10.9. The molecule has 0 fully saturated rings. The van der Waals surface area contributed by atoms with Crippen molar-refractivity contribution in [1.82, 2.24) is 0 Å². The third kappa shape index (κ3) is 12.6. The monoisotopic (exact) mass is 998 g/mol. The summed E-state index contributed by atoms with van der Waals surface area (Å²) in [6.07, 6.45) is 23.8. The van der Waals surface area contributed by atoms with E-state index in [-0.39, 0.29) is 17.8 Å². The summed E-state index contributed by atoms with van der Waals surface area (Å²) in [7, 11) is -4.20. The van der Waals surface area contributed by atoms with Gasteiger partial charge in [-0.05, 0) is 143 Å². The van der Waals surface area contributed by atoms with Gasteiger partial charge < -0.3 is 22.6 Å². The summed E-state index contributed by atoms with van der Waals surface area (Å²) in [5, 5.41) is 4.07. The average Bonchev–Trinajstić information content (AvgIpc) is 3.76. The maximum Gasteiger partial charge on any atom is 0.530 e. The first-order chi connectivity index (χ1) is 34.6. The van der Waals surface area contributed by atoms with E-state index >= 15 is 0 Å². The highest BCUT2D eigenvalue weighted by Crippen LogP contribution is 2.56. The molecular formula is C64H72O6P2. The van der Waals surface area contributed by atoms with Crippen molar-refractivity contribution < 1.29 is 27.1 Å². The van der Waals surface area contributed by atoms with E-state index in [9.17, 15) is 0 Å². The zero-order chi connectivity index (χ0) is 51.1. The number of allylic oxidation sites excluding steroid dienone is 14. The normalized spacial score (nSPS) is 17.2. The van der Waals surface area contributed by atoms with Gasteiger partial charge in [0.1, 0.15) is 34.9 Å². The second kappa shape index (κ2) is 23.8. The van der Waals surface area contributed by atoms with Gasteiger partial charge in [-0.3, -0.25) is 4.52 Å². The zero-order valence-electron chi connectivity index (χ0n) is 44.3. The van der Waals surface area contributed by atoms with Gasteiger partial charge >= 0.3 is 17.2 Å². The Balaban J connectivity index is 1.31. The summed E-state index contributed by atoms with van der Waals surface area (Å²) in [5.74, 6) is 4.44. The molecule has 8 rings (SSSR count). The second-order valence-corrected chi connectivity index (χ2v) is 22.3. The number of rotatable bonds is 18.